The summed E-state index contributed by atoms with van der Waals surface area (Å²) in [6.07, 6.45) is 3.63. The van der Waals surface area contributed by atoms with Gasteiger partial charge in [0.05, 0.1) is 5.56 Å². The molecule has 1 heterocycles. The van der Waals surface area contributed by atoms with Gasteiger partial charge in [0.1, 0.15) is 5.82 Å². The highest BCUT2D eigenvalue weighted by molar-refractivity contribution is 5.94. The van der Waals surface area contributed by atoms with E-state index < -0.39 is 0 Å². The average Bonchev–Trinajstić information content (AvgIpc) is 2.62. The number of nitrogens with zero attached hydrogens (tertiary/aromatic N) is 3. The Morgan fingerprint density at radius 3 is 2.21 bits per heavy atom. The normalized spacial score (nSPS) is 10.5. The second kappa shape index (κ2) is 9.06. The number of carbonyl (C=O) groups is 1. The van der Waals surface area contributed by atoms with E-state index in [1.165, 1.54) is 5.56 Å². The predicted molar refractivity (Wildman–Crippen MR) is 99.3 cm³/mol. The molecule has 0 saturated heterocycles. The zero-order valence-corrected chi connectivity index (χ0v) is 14.9. The van der Waals surface area contributed by atoms with Crippen LogP contribution in [0.4, 0.5) is 5.82 Å². The number of aromatic nitrogens is 1. The molecule has 4 heteroatoms. The van der Waals surface area contributed by atoms with E-state index in [1.807, 2.05) is 42.3 Å². The van der Waals surface area contributed by atoms with E-state index in [9.17, 15) is 4.79 Å². The minimum Gasteiger partial charge on any atom is -0.355 e. The van der Waals surface area contributed by atoms with Gasteiger partial charge in [-0.25, -0.2) is 4.98 Å². The molecule has 0 bridgehead atoms. The van der Waals surface area contributed by atoms with Crippen LogP contribution in [0.5, 0.6) is 0 Å². The van der Waals surface area contributed by atoms with Crippen molar-refractivity contribution in [3.05, 3.63) is 59.8 Å². The number of carbonyl (C=O) groups excluding carboxylic acids is 1. The first-order chi connectivity index (χ1) is 11.7. The SMILES string of the molecule is CCCN(CCC)C(=O)c1ccc(N(C)Cc2ccccc2)nc1. The van der Waals surface area contributed by atoms with Crippen molar-refractivity contribution in [2.75, 3.05) is 25.0 Å². The van der Waals surface area contributed by atoms with Crippen molar-refractivity contribution in [3.8, 4) is 0 Å². The number of hydrogen-bond acceptors (Lipinski definition) is 3. The smallest absolute Gasteiger partial charge is 0.255 e. The fraction of sp³-hybridized carbons (Fsp3) is 0.400. The van der Waals surface area contributed by atoms with Crippen LogP contribution in [-0.4, -0.2) is 35.9 Å². The molecule has 0 N–H and O–H groups in total. The van der Waals surface area contributed by atoms with Crippen molar-refractivity contribution < 1.29 is 4.79 Å². The quantitative estimate of drug-likeness (QED) is 0.736. The molecular formula is C20H27N3O. The molecule has 0 aliphatic heterocycles. The molecule has 0 spiro atoms. The zero-order chi connectivity index (χ0) is 17.4. The van der Waals surface area contributed by atoms with Gasteiger partial charge < -0.3 is 9.80 Å². The van der Waals surface area contributed by atoms with Crippen LogP contribution in [0.25, 0.3) is 0 Å². The maximum absolute atomic E-state index is 12.6. The third-order valence-corrected chi connectivity index (χ3v) is 3.92. The van der Waals surface area contributed by atoms with Crippen molar-refractivity contribution >= 4 is 11.7 Å². The highest BCUT2D eigenvalue weighted by Gasteiger charge is 2.15. The number of rotatable bonds is 8. The summed E-state index contributed by atoms with van der Waals surface area (Å²) < 4.78 is 0. The molecule has 0 fully saturated rings. The van der Waals surface area contributed by atoms with Crippen molar-refractivity contribution in [1.82, 2.24) is 9.88 Å². The van der Waals surface area contributed by atoms with Gasteiger partial charge in [-0.2, -0.15) is 0 Å². The van der Waals surface area contributed by atoms with E-state index in [0.717, 1.165) is 38.3 Å². The summed E-state index contributed by atoms with van der Waals surface area (Å²) in [5, 5.41) is 0. The Bertz CT molecular complexity index is 619. The Kier molecular flexibility index (Phi) is 6.79. The van der Waals surface area contributed by atoms with Gasteiger partial charge in [-0.05, 0) is 30.5 Å². The van der Waals surface area contributed by atoms with Gasteiger partial charge in [0, 0.05) is 32.9 Å². The van der Waals surface area contributed by atoms with Crippen LogP contribution < -0.4 is 4.90 Å². The summed E-state index contributed by atoms with van der Waals surface area (Å²) in [5.74, 6) is 0.941. The minimum absolute atomic E-state index is 0.0727. The summed E-state index contributed by atoms with van der Waals surface area (Å²) >= 11 is 0. The molecule has 0 atom stereocenters. The molecule has 0 radical (unpaired) electrons. The third-order valence-electron chi connectivity index (χ3n) is 3.92. The van der Waals surface area contributed by atoms with E-state index in [-0.39, 0.29) is 5.91 Å². The predicted octanol–water partition coefficient (Wildman–Crippen LogP) is 3.98. The Balaban J connectivity index is 2.05. The van der Waals surface area contributed by atoms with Crippen LogP contribution in [0.2, 0.25) is 0 Å². The molecule has 1 amide bonds. The number of hydrogen-bond donors (Lipinski definition) is 0. The molecule has 0 saturated carbocycles. The van der Waals surface area contributed by atoms with E-state index >= 15 is 0 Å². The van der Waals surface area contributed by atoms with Gasteiger partial charge in [0.2, 0.25) is 0 Å². The lowest BCUT2D eigenvalue weighted by Crippen LogP contribution is -2.32. The summed E-state index contributed by atoms with van der Waals surface area (Å²) in [6, 6.07) is 14.1. The first-order valence-electron chi connectivity index (χ1n) is 8.66. The summed E-state index contributed by atoms with van der Waals surface area (Å²) in [4.78, 5) is 21.0. The molecular weight excluding hydrogens is 298 g/mol. The van der Waals surface area contributed by atoms with Gasteiger partial charge in [-0.15, -0.1) is 0 Å². The van der Waals surface area contributed by atoms with Crippen LogP contribution in [0.15, 0.2) is 48.7 Å². The molecule has 24 heavy (non-hydrogen) atoms. The van der Waals surface area contributed by atoms with Crippen molar-refractivity contribution in [2.24, 2.45) is 0 Å². The maximum Gasteiger partial charge on any atom is 0.255 e. The van der Waals surface area contributed by atoms with Crippen molar-refractivity contribution in [1.29, 1.82) is 0 Å². The highest BCUT2D eigenvalue weighted by atomic mass is 16.2. The molecule has 128 valence electrons. The van der Waals surface area contributed by atoms with E-state index in [1.54, 1.807) is 6.20 Å². The largest absolute Gasteiger partial charge is 0.355 e. The molecule has 1 aromatic carbocycles. The van der Waals surface area contributed by atoms with Crippen LogP contribution in [0, 0.1) is 0 Å². The lowest BCUT2D eigenvalue weighted by Gasteiger charge is -2.22. The highest BCUT2D eigenvalue weighted by Crippen LogP contribution is 2.14. The van der Waals surface area contributed by atoms with Gasteiger partial charge >= 0.3 is 0 Å². The zero-order valence-electron chi connectivity index (χ0n) is 14.9. The second-order valence-electron chi connectivity index (χ2n) is 6.04. The Morgan fingerprint density at radius 1 is 1.00 bits per heavy atom. The summed E-state index contributed by atoms with van der Waals surface area (Å²) in [5.41, 5.74) is 1.90. The van der Waals surface area contributed by atoms with E-state index in [2.05, 4.69) is 35.9 Å². The lowest BCUT2D eigenvalue weighted by atomic mass is 10.2. The van der Waals surface area contributed by atoms with Gasteiger partial charge in [-0.3, -0.25) is 4.79 Å². The number of anilines is 1. The van der Waals surface area contributed by atoms with Crippen LogP contribution in [0.3, 0.4) is 0 Å². The maximum atomic E-state index is 12.6. The van der Waals surface area contributed by atoms with Crippen molar-refractivity contribution in [2.45, 2.75) is 33.2 Å². The van der Waals surface area contributed by atoms with Gasteiger partial charge in [0.25, 0.3) is 5.91 Å². The average molecular weight is 325 g/mol. The van der Waals surface area contributed by atoms with Crippen LogP contribution in [0.1, 0.15) is 42.6 Å². The molecule has 0 unspecified atom stereocenters. The van der Waals surface area contributed by atoms with E-state index in [4.69, 9.17) is 0 Å². The fourth-order valence-electron chi connectivity index (χ4n) is 2.71. The molecule has 2 rings (SSSR count). The fourth-order valence-corrected chi connectivity index (χ4v) is 2.71. The van der Waals surface area contributed by atoms with Crippen LogP contribution >= 0.6 is 0 Å². The summed E-state index contributed by atoms with van der Waals surface area (Å²) in [7, 11) is 2.01. The van der Waals surface area contributed by atoms with Crippen LogP contribution in [-0.2, 0) is 6.54 Å². The molecule has 2 aromatic rings. The first kappa shape index (κ1) is 18.0. The Morgan fingerprint density at radius 2 is 1.67 bits per heavy atom. The molecule has 1 aromatic heterocycles. The molecule has 0 aliphatic carbocycles. The van der Waals surface area contributed by atoms with Gasteiger partial charge in [0.15, 0.2) is 0 Å². The number of pyridine rings is 1. The summed E-state index contributed by atoms with van der Waals surface area (Å²) in [6.45, 7) is 6.56. The monoisotopic (exact) mass is 325 g/mol. The van der Waals surface area contributed by atoms with E-state index in [0.29, 0.717) is 5.56 Å². The standard InChI is InChI=1S/C20H27N3O/c1-4-13-23(14-5-2)20(24)18-11-12-19(21-15-18)22(3)16-17-9-7-6-8-10-17/h6-12,15H,4-5,13-14,16H2,1-3H3. The lowest BCUT2D eigenvalue weighted by molar-refractivity contribution is 0.0755. The minimum atomic E-state index is 0.0727. The Labute approximate surface area is 145 Å². The Hall–Kier alpha value is -2.36. The third kappa shape index (κ3) is 4.82. The molecule has 4 nitrogen and oxygen atoms in total. The van der Waals surface area contributed by atoms with Gasteiger partial charge in [-0.1, -0.05) is 44.2 Å². The topological polar surface area (TPSA) is 36.4 Å². The first-order valence-corrected chi connectivity index (χ1v) is 8.66. The molecule has 0 aliphatic rings. The number of amides is 1. The second-order valence-corrected chi connectivity index (χ2v) is 6.04. The number of benzene rings is 1. The van der Waals surface area contributed by atoms with Crippen molar-refractivity contribution in [3.63, 3.8) is 0 Å².